The Morgan fingerprint density at radius 1 is 1.27 bits per heavy atom. The normalized spacial score (nSPS) is 10.4. The van der Waals surface area contributed by atoms with Gasteiger partial charge in [0.15, 0.2) is 5.76 Å². The van der Waals surface area contributed by atoms with E-state index in [0.717, 1.165) is 9.86 Å². The van der Waals surface area contributed by atoms with Crippen molar-refractivity contribution in [1.29, 1.82) is 5.26 Å². The van der Waals surface area contributed by atoms with Crippen molar-refractivity contribution in [2.24, 2.45) is 0 Å². The number of para-hydroxylation sites is 1. The van der Waals surface area contributed by atoms with Gasteiger partial charge in [0.25, 0.3) is 5.91 Å². The number of rotatable bonds is 2. The van der Waals surface area contributed by atoms with E-state index in [1.165, 1.54) is 6.07 Å². The van der Waals surface area contributed by atoms with Crippen molar-refractivity contribution >= 4 is 50.1 Å². The number of furan rings is 1. The molecule has 0 saturated heterocycles. The van der Waals surface area contributed by atoms with Gasteiger partial charge in [-0.1, -0.05) is 23.7 Å². The maximum atomic E-state index is 12.2. The predicted molar refractivity (Wildman–Crippen MR) is 88.0 cm³/mol. The number of carbonyl (C=O) groups excluding carboxylic acids is 1. The second-order valence-corrected chi connectivity index (χ2v) is 5.79. The van der Waals surface area contributed by atoms with Crippen LogP contribution in [0.3, 0.4) is 0 Å². The quantitative estimate of drug-likeness (QED) is 0.687. The highest BCUT2D eigenvalue weighted by atomic mass is 79.9. The molecule has 0 aliphatic heterocycles. The number of halogens is 2. The first-order valence-corrected chi connectivity index (χ1v) is 7.44. The summed E-state index contributed by atoms with van der Waals surface area (Å²) < 4.78 is 6.35. The molecule has 0 aliphatic carbocycles. The number of carbonyl (C=O) groups is 1. The van der Waals surface area contributed by atoms with Crippen LogP contribution in [0.5, 0.6) is 0 Å². The molecule has 1 N–H and O–H groups in total. The van der Waals surface area contributed by atoms with Gasteiger partial charge in [-0.15, -0.1) is 0 Å². The fourth-order valence-electron chi connectivity index (χ4n) is 2.02. The van der Waals surface area contributed by atoms with E-state index in [4.69, 9.17) is 21.3 Å². The third kappa shape index (κ3) is 2.71. The highest BCUT2D eigenvalue weighted by Gasteiger charge is 2.14. The topological polar surface area (TPSA) is 66.0 Å². The standard InChI is InChI=1S/C16H8BrClN2O2/c17-12-3-1-2-9-6-14(22-15(9)12)16(21)20-11-5-4-10(8-19)13(18)7-11/h1-7H,(H,20,21). The Hall–Kier alpha value is -2.29. The maximum absolute atomic E-state index is 12.2. The molecule has 0 bridgehead atoms. The molecule has 0 aliphatic rings. The lowest BCUT2D eigenvalue weighted by molar-refractivity contribution is 0.0998. The molecule has 6 heteroatoms. The zero-order valence-corrected chi connectivity index (χ0v) is 13.4. The minimum atomic E-state index is -0.385. The van der Waals surface area contributed by atoms with E-state index in [2.05, 4.69) is 21.2 Å². The van der Waals surface area contributed by atoms with Gasteiger partial charge in [-0.05, 0) is 46.3 Å². The molecule has 1 amide bonds. The number of nitrogens with one attached hydrogen (secondary N) is 1. The number of nitriles is 1. The third-order valence-corrected chi connectivity index (χ3v) is 4.00. The summed E-state index contributed by atoms with van der Waals surface area (Å²) in [6.45, 7) is 0. The molecular formula is C16H8BrClN2O2. The van der Waals surface area contributed by atoms with Gasteiger partial charge in [-0.25, -0.2) is 0 Å². The van der Waals surface area contributed by atoms with Gasteiger partial charge in [-0.2, -0.15) is 5.26 Å². The molecule has 0 spiro atoms. The van der Waals surface area contributed by atoms with Crippen LogP contribution in [-0.4, -0.2) is 5.91 Å². The predicted octanol–water partition coefficient (Wildman–Crippen LogP) is 4.97. The van der Waals surface area contributed by atoms with E-state index in [0.29, 0.717) is 16.8 Å². The first-order chi connectivity index (χ1) is 10.6. The average Bonchev–Trinajstić information content (AvgIpc) is 2.93. The minimum absolute atomic E-state index is 0.197. The first-order valence-electron chi connectivity index (χ1n) is 6.27. The van der Waals surface area contributed by atoms with Gasteiger partial charge in [0, 0.05) is 11.1 Å². The molecule has 3 rings (SSSR count). The molecule has 0 unspecified atom stereocenters. The van der Waals surface area contributed by atoms with Crippen LogP contribution in [-0.2, 0) is 0 Å². The van der Waals surface area contributed by atoms with Gasteiger partial charge in [0.1, 0.15) is 11.7 Å². The summed E-state index contributed by atoms with van der Waals surface area (Å²) in [5.41, 5.74) is 1.46. The van der Waals surface area contributed by atoms with Crippen molar-refractivity contribution in [2.45, 2.75) is 0 Å². The maximum Gasteiger partial charge on any atom is 0.291 e. The Morgan fingerprint density at radius 2 is 2.09 bits per heavy atom. The monoisotopic (exact) mass is 374 g/mol. The molecule has 0 fully saturated rings. The Bertz CT molecular complexity index is 928. The van der Waals surface area contributed by atoms with Crippen LogP contribution in [0.25, 0.3) is 11.0 Å². The lowest BCUT2D eigenvalue weighted by Gasteiger charge is -2.04. The number of nitrogens with zero attached hydrogens (tertiary/aromatic N) is 1. The summed E-state index contributed by atoms with van der Waals surface area (Å²) in [6, 6.07) is 13.9. The SMILES string of the molecule is N#Cc1ccc(NC(=O)c2cc3cccc(Br)c3o2)cc1Cl. The Labute approximate surface area is 139 Å². The van der Waals surface area contributed by atoms with Gasteiger partial charge in [0.05, 0.1) is 15.1 Å². The molecule has 0 atom stereocenters. The van der Waals surface area contributed by atoms with Crippen molar-refractivity contribution in [3.8, 4) is 6.07 Å². The van der Waals surface area contributed by atoms with Crippen LogP contribution in [0.2, 0.25) is 5.02 Å². The van der Waals surface area contributed by atoms with Crippen LogP contribution in [0.1, 0.15) is 16.1 Å². The van der Waals surface area contributed by atoms with Gasteiger partial charge in [-0.3, -0.25) is 4.79 Å². The van der Waals surface area contributed by atoms with Crippen LogP contribution in [0, 0.1) is 11.3 Å². The van der Waals surface area contributed by atoms with E-state index in [1.807, 2.05) is 24.3 Å². The number of anilines is 1. The van der Waals surface area contributed by atoms with E-state index >= 15 is 0 Å². The van der Waals surface area contributed by atoms with E-state index < -0.39 is 0 Å². The minimum Gasteiger partial charge on any atom is -0.450 e. The first kappa shape index (κ1) is 14.6. The molecule has 22 heavy (non-hydrogen) atoms. The Morgan fingerprint density at radius 3 is 2.77 bits per heavy atom. The molecule has 1 heterocycles. The fourth-order valence-corrected chi connectivity index (χ4v) is 2.70. The van der Waals surface area contributed by atoms with Crippen molar-refractivity contribution in [2.75, 3.05) is 5.32 Å². The second kappa shape index (κ2) is 5.84. The molecule has 2 aromatic carbocycles. The van der Waals surface area contributed by atoms with Gasteiger partial charge < -0.3 is 9.73 Å². The van der Waals surface area contributed by atoms with Crippen LogP contribution in [0.4, 0.5) is 5.69 Å². The highest BCUT2D eigenvalue weighted by molar-refractivity contribution is 9.10. The molecule has 108 valence electrons. The smallest absolute Gasteiger partial charge is 0.291 e. The highest BCUT2D eigenvalue weighted by Crippen LogP contribution is 2.27. The molecule has 3 aromatic rings. The Balaban J connectivity index is 1.89. The summed E-state index contributed by atoms with van der Waals surface area (Å²) >= 11 is 9.32. The largest absolute Gasteiger partial charge is 0.450 e. The number of hydrogen-bond acceptors (Lipinski definition) is 3. The molecule has 0 saturated carbocycles. The summed E-state index contributed by atoms with van der Waals surface area (Å²) in [6.07, 6.45) is 0. The lowest BCUT2D eigenvalue weighted by Crippen LogP contribution is -2.10. The van der Waals surface area contributed by atoms with Crippen LogP contribution < -0.4 is 5.32 Å². The van der Waals surface area contributed by atoms with E-state index in [-0.39, 0.29) is 16.7 Å². The number of hydrogen-bond donors (Lipinski definition) is 1. The summed E-state index contributed by atoms with van der Waals surface area (Å²) in [5.74, 6) is -0.189. The van der Waals surface area contributed by atoms with Crippen molar-refractivity contribution < 1.29 is 9.21 Å². The number of fused-ring (bicyclic) bond motifs is 1. The summed E-state index contributed by atoms with van der Waals surface area (Å²) in [7, 11) is 0. The van der Waals surface area contributed by atoms with E-state index in [1.54, 1.807) is 18.2 Å². The zero-order valence-electron chi connectivity index (χ0n) is 11.1. The molecule has 4 nitrogen and oxygen atoms in total. The zero-order chi connectivity index (χ0) is 15.7. The molecule has 0 radical (unpaired) electrons. The second-order valence-electron chi connectivity index (χ2n) is 4.53. The summed E-state index contributed by atoms with van der Waals surface area (Å²) in [4.78, 5) is 12.2. The lowest BCUT2D eigenvalue weighted by atomic mass is 10.2. The average molecular weight is 376 g/mol. The van der Waals surface area contributed by atoms with Crippen LogP contribution in [0.15, 0.2) is 51.4 Å². The van der Waals surface area contributed by atoms with Crippen molar-refractivity contribution in [3.63, 3.8) is 0 Å². The number of benzene rings is 2. The summed E-state index contributed by atoms with van der Waals surface area (Å²) in [5, 5.41) is 12.6. The van der Waals surface area contributed by atoms with Crippen molar-refractivity contribution in [1.82, 2.24) is 0 Å². The number of amides is 1. The van der Waals surface area contributed by atoms with Crippen molar-refractivity contribution in [3.05, 3.63) is 63.3 Å². The Kier molecular flexibility index (Phi) is 3.88. The fraction of sp³-hybridized carbons (Fsp3) is 0. The molecule has 1 aromatic heterocycles. The van der Waals surface area contributed by atoms with Crippen LogP contribution >= 0.6 is 27.5 Å². The van der Waals surface area contributed by atoms with Gasteiger partial charge in [0.2, 0.25) is 0 Å². The third-order valence-electron chi connectivity index (χ3n) is 3.07. The van der Waals surface area contributed by atoms with Gasteiger partial charge >= 0.3 is 0 Å². The molecular weight excluding hydrogens is 368 g/mol. The van der Waals surface area contributed by atoms with E-state index in [9.17, 15) is 4.79 Å².